The SMILES string of the molecule is COc1cc2c(CN)ccnc2cc1OCc1ccccc1. The van der Waals surface area contributed by atoms with Gasteiger partial charge in [0.1, 0.15) is 6.61 Å². The van der Waals surface area contributed by atoms with Crippen molar-refractivity contribution in [1.29, 1.82) is 0 Å². The van der Waals surface area contributed by atoms with E-state index in [0.29, 0.717) is 24.7 Å². The van der Waals surface area contributed by atoms with Gasteiger partial charge in [-0.05, 0) is 23.3 Å². The Morgan fingerprint density at radius 3 is 2.59 bits per heavy atom. The van der Waals surface area contributed by atoms with Crippen molar-refractivity contribution >= 4 is 10.9 Å². The summed E-state index contributed by atoms with van der Waals surface area (Å²) in [6.45, 7) is 0.950. The molecule has 1 aromatic heterocycles. The van der Waals surface area contributed by atoms with Crippen molar-refractivity contribution in [2.75, 3.05) is 7.11 Å². The number of benzene rings is 2. The van der Waals surface area contributed by atoms with Gasteiger partial charge < -0.3 is 15.2 Å². The molecule has 0 saturated carbocycles. The van der Waals surface area contributed by atoms with Crippen molar-refractivity contribution < 1.29 is 9.47 Å². The van der Waals surface area contributed by atoms with Gasteiger partial charge in [0.2, 0.25) is 0 Å². The van der Waals surface area contributed by atoms with E-state index in [0.717, 1.165) is 22.0 Å². The molecule has 2 aromatic carbocycles. The lowest BCUT2D eigenvalue weighted by Crippen LogP contribution is -2.01. The fourth-order valence-electron chi connectivity index (χ4n) is 2.40. The molecule has 0 saturated heterocycles. The van der Waals surface area contributed by atoms with E-state index in [1.807, 2.05) is 48.5 Å². The van der Waals surface area contributed by atoms with E-state index < -0.39 is 0 Å². The Labute approximate surface area is 129 Å². The second-order valence-electron chi connectivity index (χ2n) is 4.97. The lowest BCUT2D eigenvalue weighted by atomic mass is 10.1. The van der Waals surface area contributed by atoms with Crippen molar-refractivity contribution in [2.24, 2.45) is 5.73 Å². The highest BCUT2D eigenvalue weighted by atomic mass is 16.5. The third-order valence-corrected chi connectivity index (χ3v) is 3.57. The monoisotopic (exact) mass is 294 g/mol. The van der Waals surface area contributed by atoms with Crippen molar-refractivity contribution in [3.8, 4) is 11.5 Å². The number of fused-ring (bicyclic) bond motifs is 1. The number of methoxy groups -OCH3 is 1. The summed E-state index contributed by atoms with van der Waals surface area (Å²) in [6.07, 6.45) is 1.76. The van der Waals surface area contributed by atoms with Crippen molar-refractivity contribution in [2.45, 2.75) is 13.2 Å². The molecule has 0 spiro atoms. The average molecular weight is 294 g/mol. The van der Waals surface area contributed by atoms with Crippen LogP contribution in [0.5, 0.6) is 11.5 Å². The van der Waals surface area contributed by atoms with E-state index >= 15 is 0 Å². The van der Waals surface area contributed by atoms with Crippen LogP contribution in [0.15, 0.2) is 54.7 Å². The van der Waals surface area contributed by atoms with E-state index in [4.69, 9.17) is 15.2 Å². The van der Waals surface area contributed by atoms with E-state index in [2.05, 4.69) is 4.98 Å². The first-order valence-corrected chi connectivity index (χ1v) is 7.14. The molecule has 0 atom stereocenters. The molecule has 22 heavy (non-hydrogen) atoms. The van der Waals surface area contributed by atoms with Gasteiger partial charge in [0, 0.05) is 24.2 Å². The van der Waals surface area contributed by atoms with Gasteiger partial charge in [0.25, 0.3) is 0 Å². The second kappa shape index (κ2) is 6.45. The molecule has 0 aliphatic heterocycles. The first kappa shape index (κ1) is 14.4. The normalized spacial score (nSPS) is 10.6. The van der Waals surface area contributed by atoms with Crippen molar-refractivity contribution in [3.05, 3.63) is 65.9 Å². The van der Waals surface area contributed by atoms with Crippen LogP contribution in [0, 0.1) is 0 Å². The zero-order valence-corrected chi connectivity index (χ0v) is 12.5. The van der Waals surface area contributed by atoms with Gasteiger partial charge in [-0.15, -0.1) is 0 Å². The number of ether oxygens (including phenoxy) is 2. The van der Waals surface area contributed by atoms with Crippen LogP contribution in [0.25, 0.3) is 10.9 Å². The molecule has 2 N–H and O–H groups in total. The molecule has 0 unspecified atom stereocenters. The summed E-state index contributed by atoms with van der Waals surface area (Å²) in [7, 11) is 1.63. The molecule has 4 heteroatoms. The van der Waals surface area contributed by atoms with Gasteiger partial charge in [-0.1, -0.05) is 30.3 Å². The number of nitrogens with two attached hydrogens (primary N) is 1. The molecule has 0 aliphatic rings. The summed E-state index contributed by atoms with van der Waals surface area (Å²) in [5.74, 6) is 1.37. The molecule has 0 amide bonds. The maximum Gasteiger partial charge on any atom is 0.163 e. The molecule has 0 bridgehead atoms. The number of nitrogens with zero attached hydrogens (tertiary/aromatic N) is 1. The van der Waals surface area contributed by atoms with E-state index in [1.165, 1.54) is 0 Å². The number of hydrogen-bond acceptors (Lipinski definition) is 4. The molecule has 1 heterocycles. The Bertz CT molecular complexity index is 773. The standard InChI is InChI=1S/C18H18N2O2/c1-21-17-9-15-14(11-19)7-8-20-16(15)10-18(17)22-12-13-5-3-2-4-6-13/h2-10H,11-12,19H2,1H3. The highest BCUT2D eigenvalue weighted by Crippen LogP contribution is 2.33. The number of rotatable bonds is 5. The Morgan fingerprint density at radius 2 is 1.86 bits per heavy atom. The molecule has 0 radical (unpaired) electrons. The highest BCUT2D eigenvalue weighted by molar-refractivity contribution is 5.85. The Balaban J connectivity index is 1.95. The first-order valence-electron chi connectivity index (χ1n) is 7.14. The third-order valence-electron chi connectivity index (χ3n) is 3.57. The summed E-state index contributed by atoms with van der Waals surface area (Å²) < 4.78 is 11.3. The molecule has 3 aromatic rings. The minimum Gasteiger partial charge on any atom is -0.493 e. The Hall–Kier alpha value is -2.59. The lowest BCUT2D eigenvalue weighted by Gasteiger charge is -2.13. The largest absolute Gasteiger partial charge is 0.493 e. The summed E-state index contributed by atoms with van der Waals surface area (Å²) in [5.41, 5.74) is 8.78. The Morgan fingerprint density at radius 1 is 1.05 bits per heavy atom. The average Bonchev–Trinajstić information content (AvgIpc) is 2.59. The van der Waals surface area contributed by atoms with Crippen LogP contribution in [-0.4, -0.2) is 12.1 Å². The van der Waals surface area contributed by atoms with Gasteiger partial charge in [-0.2, -0.15) is 0 Å². The zero-order valence-electron chi connectivity index (χ0n) is 12.5. The van der Waals surface area contributed by atoms with E-state index in [-0.39, 0.29) is 0 Å². The fourth-order valence-corrected chi connectivity index (χ4v) is 2.40. The van der Waals surface area contributed by atoms with E-state index in [9.17, 15) is 0 Å². The minimum atomic E-state index is 0.465. The van der Waals surface area contributed by atoms with Gasteiger partial charge in [-0.25, -0.2) is 0 Å². The molecule has 4 nitrogen and oxygen atoms in total. The lowest BCUT2D eigenvalue weighted by molar-refractivity contribution is 0.285. The number of hydrogen-bond donors (Lipinski definition) is 1. The van der Waals surface area contributed by atoms with Crippen LogP contribution in [0.4, 0.5) is 0 Å². The molecular weight excluding hydrogens is 276 g/mol. The number of aromatic nitrogens is 1. The van der Waals surface area contributed by atoms with Gasteiger partial charge >= 0.3 is 0 Å². The highest BCUT2D eigenvalue weighted by Gasteiger charge is 2.10. The van der Waals surface area contributed by atoms with Crippen LogP contribution < -0.4 is 15.2 Å². The quantitative estimate of drug-likeness (QED) is 0.784. The van der Waals surface area contributed by atoms with Crippen LogP contribution in [0.2, 0.25) is 0 Å². The smallest absolute Gasteiger partial charge is 0.163 e. The van der Waals surface area contributed by atoms with E-state index in [1.54, 1.807) is 13.3 Å². The summed E-state index contributed by atoms with van der Waals surface area (Å²) in [5, 5.41) is 0.994. The fraction of sp³-hybridized carbons (Fsp3) is 0.167. The maximum atomic E-state index is 5.90. The molecule has 0 aliphatic carbocycles. The predicted molar refractivity (Wildman–Crippen MR) is 87.0 cm³/mol. The third kappa shape index (κ3) is 2.87. The predicted octanol–water partition coefficient (Wildman–Crippen LogP) is 3.28. The van der Waals surface area contributed by atoms with Gasteiger partial charge in [0.05, 0.1) is 12.6 Å². The molecule has 0 fully saturated rings. The maximum absolute atomic E-state index is 5.90. The molecular formula is C18H18N2O2. The summed E-state index contributed by atoms with van der Waals surface area (Å²) >= 11 is 0. The van der Waals surface area contributed by atoms with Crippen molar-refractivity contribution in [3.63, 3.8) is 0 Å². The van der Waals surface area contributed by atoms with Crippen LogP contribution in [0.1, 0.15) is 11.1 Å². The second-order valence-corrected chi connectivity index (χ2v) is 4.97. The molecule has 3 rings (SSSR count). The van der Waals surface area contributed by atoms with Crippen LogP contribution in [-0.2, 0) is 13.2 Å². The van der Waals surface area contributed by atoms with Crippen molar-refractivity contribution in [1.82, 2.24) is 4.98 Å². The Kier molecular flexibility index (Phi) is 4.21. The van der Waals surface area contributed by atoms with Crippen LogP contribution >= 0.6 is 0 Å². The van der Waals surface area contributed by atoms with Crippen LogP contribution in [0.3, 0.4) is 0 Å². The zero-order chi connectivity index (χ0) is 15.4. The summed E-state index contributed by atoms with van der Waals surface area (Å²) in [6, 6.07) is 15.8. The van der Waals surface area contributed by atoms with Gasteiger partial charge in [0.15, 0.2) is 11.5 Å². The topological polar surface area (TPSA) is 57.4 Å². The minimum absolute atomic E-state index is 0.465. The number of pyridine rings is 1. The first-order chi connectivity index (χ1) is 10.8. The molecule has 112 valence electrons. The van der Waals surface area contributed by atoms with Gasteiger partial charge in [-0.3, -0.25) is 4.98 Å². The summed E-state index contributed by atoms with van der Waals surface area (Å²) in [4.78, 5) is 4.39.